The van der Waals surface area contributed by atoms with Gasteiger partial charge < -0.3 is 14.1 Å². The van der Waals surface area contributed by atoms with E-state index in [-0.39, 0.29) is 23.6 Å². The van der Waals surface area contributed by atoms with Crippen molar-refractivity contribution in [2.24, 2.45) is 11.8 Å². The van der Waals surface area contributed by atoms with E-state index >= 15 is 0 Å². The summed E-state index contributed by atoms with van der Waals surface area (Å²) in [4.78, 5) is 13.1. The van der Waals surface area contributed by atoms with Gasteiger partial charge in [0.25, 0.3) is 0 Å². The van der Waals surface area contributed by atoms with Gasteiger partial charge in [-0.15, -0.1) is 0 Å². The van der Waals surface area contributed by atoms with Crippen LogP contribution in [-0.4, -0.2) is 46.2 Å². The predicted molar refractivity (Wildman–Crippen MR) is 140 cm³/mol. The molecule has 1 aliphatic rings. The van der Waals surface area contributed by atoms with Crippen molar-refractivity contribution in [2.75, 3.05) is 13.2 Å². The van der Waals surface area contributed by atoms with Gasteiger partial charge in [-0.25, -0.2) is 15.0 Å². The van der Waals surface area contributed by atoms with E-state index in [0.29, 0.717) is 28.8 Å². The van der Waals surface area contributed by atoms with Crippen molar-refractivity contribution in [3.05, 3.63) is 59.3 Å². The summed E-state index contributed by atoms with van der Waals surface area (Å²) in [6.45, 7) is 14.4. The lowest BCUT2D eigenvalue weighted by Crippen LogP contribution is -2.46. The molecular weight excluding hydrogens is 464 g/mol. The van der Waals surface area contributed by atoms with Gasteiger partial charge in [0.05, 0.1) is 19.0 Å². The highest BCUT2D eigenvalue weighted by atomic mass is 35.5. The molecule has 1 aliphatic carbocycles. The average Bonchev–Trinajstić information content (AvgIpc) is 3.40. The molecule has 6 nitrogen and oxygen atoms in total. The Balaban J connectivity index is 1.74. The third kappa shape index (κ3) is 4.35. The molecule has 0 unspecified atom stereocenters. The summed E-state index contributed by atoms with van der Waals surface area (Å²) in [5, 5.41) is 11.0. The molecule has 4 rings (SSSR count). The SMILES string of the molecule is CC(C)C(C)(C)[Si](C)(C)OC[C@H]1C[C@@H](n2cnc3c(Cl)ncnc32)C(c2ccccc2)=C1CO. The van der Waals surface area contributed by atoms with Crippen LogP contribution in [0.4, 0.5) is 0 Å². The molecule has 0 fully saturated rings. The second kappa shape index (κ2) is 9.53. The smallest absolute Gasteiger partial charge is 0.192 e. The minimum atomic E-state index is -2.01. The van der Waals surface area contributed by atoms with Gasteiger partial charge in [0.1, 0.15) is 11.8 Å². The van der Waals surface area contributed by atoms with Crippen LogP contribution in [0.3, 0.4) is 0 Å². The highest BCUT2D eigenvalue weighted by Gasteiger charge is 2.44. The van der Waals surface area contributed by atoms with E-state index in [1.165, 1.54) is 6.33 Å². The number of aromatic nitrogens is 4. The van der Waals surface area contributed by atoms with E-state index in [4.69, 9.17) is 16.0 Å². The number of imidazole rings is 1. The fourth-order valence-corrected chi connectivity index (χ4v) is 7.39. The van der Waals surface area contributed by atoms with Gasteiger partial charge in [-0.05, 0) is 47.2 Å². The first-order valence-corrected chi connectivity index (χ1v) is 15.2. The lowest BCUT2D eigenvalue weighted by Gasteiger charge is -2.43. The number of aliphatic hydroxyl groups is 1. The third-order valence-electron chi connectivity index (χ3n) is 8.23. The van der Waals surface area contributed by atoms with E-state index < -0.39 is 8.32 Å². The zero-order valence-corrected chi connectivity index (χ0v) is 22.7. The van der Waals surface area contributed by atoms with Crippen molar-refractivity contribution in [3.63, 3.8) is 0 Å². The third-order valence-corrected chi connectivity index (χ3v) is 13.1. The number of hydrogen-bond acceptors (Lipinski definition) is 5. The predicted octanol–water partition coefficient (Wildman–Crippen LogP) is 6.14. The van der Waals surface area contributed by atoms with Gasteiger partial charge in [0, 0.05) is 12.5 Å². The monoisotopic (exact) mass is 498 g/mol. The van der Waals surface area contributed by atoms with Crippen molar-refractivity contribution in [3.8, 4) is 0 Å². The largest absolute Gasteiger partial charge is 0.416 e. The molecule has 0 amide bonds. The summed E-state index contributed by atoms with van der Waals surface area (Å²) < 4.78 is 8.82. The van der Waals surface area contributed by atoms with Crippen LogP contribution in [0, 0.1) is 11.8 Å². The van der Waals surface area contributed by atoms with Crippen LogP contribution in [-0.2, 0) is 4.43 Å². The van der Waals surface area contributed by atoms with Gasteiger partial charge in [-0.2, -0.15) is 0 Å². The van der Waals surface area contributed by atoms with Crippen molar-refractivity contribution >= 4 is 36.7 Å². The standard InChI is InChI=1S/C26H35ClN4O2Si/c1-17(2)26(3,4)34(5,6)33-14-19-12-21(22(20(19)13-32)18-10-8-7-9-11-18)31-16-30-23-24(27)28-15-29-25(23)31/h7-11,15-17,19,21,32H,12-14H2,1-6H3/t19-,21-/m1/s1. The van der Waals surface area contributed by atoms with Gasteiger partial charge in [0.15, 0.2) is 19.1 Å². The summed E-state index contributed by atoms with van der Waals surface area (Å²) in [5.41, 5.74) is 4.54. The minimum Gasteiger partial charge on any atom is -0.416 e. The molecule has 8 heteroatoms. The molecular formula is C26H35ClN4O2Si. The van der Waals surface area contributed by atoms with Crippen LogP contribution in [0.25, 0.3) is 16.7 Å². The summed E-state index contributed by atoms with van der Waals surface area (Å²) in [7, 11) is -2.01. The molecule has 2 aromatic heterocycles. The Morgan fingerprint density at radius 3 is 2.53 bits per heavy atom. The lowest BCUT2D eigenvalue weighted by molar-refractivity contribution is 0.214. The molecule has 0 aliphatic heterocycles. The van der Waals surface area contributed by atoms with Crippen LogP contribution < -0.4 is 0 Å². The fourth-order valence-electron chi connectivity index (χ4n) is 4.84. The highest BCUT2D eigenvalue weighted by molar-refractivity contribution is 6.74. The number of fused-ring (bicyclic) bond motifs is 1. The lowest BCUT2D eigenvalue weighted by atomic mass is 9.98. The number of benzene rings is 1. The minimum absolute atomic E-state index is 0.00726. The molecule has 2 heterocycles. The molecule has 0 saturated heterocycles. The second-order valence-electron chi connectivity index (χ2n) is 10.6. The Bertz CT molecular complexity index is 1190. The fraction of sp³-hybridized carbons (Fsp3) is 0.500. The van der Waals surface area contributed by atoms with E-state index in [1.807, 2.05) is 18.2 Å². The summed E-state index contributed by atoms with van der Waals surface area (Å²) >= 11 is 6.29. The van der Waals surface area contributed by atoms with Crippen molar-refractivity contribution in [2.45, 2.75) is 58.3 Å². The van der Waals surface area contributed by atoms with Crippen molar-refractivity contribution in [1.29, 1.82) is 0 Å². The normalized spacial score (nSPS) is 19.6. The topological polar surface area (TPSA) is 73.1 Å². The summed E-state index contributed by atoms with van der Waals surface area (Å²) in [6, 6.07) is 10.2. The van der Waals surface area contributed by atoms with E-state index in [1.54, 1.807) is 6.33 Å². The van der Waals surface area contributed by atoms with Crippen LogP contribution in [0.15, 0.2) is 48.6 Å². The number of nitrogens with zero attached hydrogens (tertiary/aromatic N) is 4. The molecule has 1 aromatic carbocycles. The Hall–Kier alpha value is -2.06. The molecule has 2 atom stereocenters. The van der Waals surface area contributed by atoms with Gasteiger partial charge in [-0.3, -0.25) is 0 Å². The molecule has 182 valence electrons. The molecule has 1 N–H and O–H groups in total. The van der Waals surface area contributed by atoms with Crippen LogP contribution in [0.1, 0.15) is 45.7 Å². The Morgan fingerprint density at radius 2 is 1.88 bits per heavy atom. The van der Waals surface area contributed by atoms with Crippen molar-refractivity contribution < 1.29 is 9.53 Å². The highest BCUT2D eigenvalue weighted by Crippen LogP contribution is 2.49. The first-order valence-electron chi connectivity index (χ1n) is 11.9. The molecule has 0 spiro atoms. The number of halogens is 1. The first-order chi connectivity index (χ1) is 16.1. The Kier molecular flexibility index (Phi) is 7.02. The quantitative estimate of drug-likeness (QED) is 0.298. The van der Waals surface area contributed by atoms with Crippen molar-refractivity contribution in [1.82, 2.24) is 19.5 Å². The molecule has 34 heavy (non-hydrogen) atoms. The second-order valence-corrected chi connectivity index (χ2v) is 15.6. The van der Waals surface area contributed by atoms with Crippen LogP contribution >= 0.6 is 11.6 Å². The number of hydrogen-bond donors (Lipinski definition) is 1. The van der Waals surface area contributed by atoms with Gasteiger partial charge >= 0.3 is 0 Å². The van der Waals surface area contributed by atoms with Gasteiger partial charge in [0.2, 0.25) is 0 Å². The Morgan fingerprint density at radius 1 is 1.18 bits per heavy atom. The zero-order chi connectivity index (χ0) is 24.7. The molecule has 3 aromatic rings. The van der Waals surface area contributed by atoms with E-state index in [9.17, 15) is 5.11 Å². The Labute approximate surface area is 208 Å². The maximum absolute atomic E-state index is 10.5. The van der Waals surface area contributed by atoms with Crippen LogP contribution in [0.5, 0.6) is 0 Å². The summed E-state index contributed by atoms with van der Waals surface area (Å²) in [6.07, 6.45) is 4.07. The average molecular weight is 499 g/mol. The number of allylic oxidation sites excluding steroid dienone is 1. The summed E-state index contributed by atoms with van der Waals surface area (Å²) in [5.74, 6) is 0.634. The van der Waals surface area contributed by atoms with Crippen LogP contribution in [0.2, 0.25) is 23.3 Å². The van der Waals surface area contributed by atoms with E-state index in [2.05, 4.69) is 72.4 Å². The van der Waals surface area contributed by atoms with Gasteiger partial charge in [-0.1, -0.05) is 69.6 Å². The van der Waals surface area contributed by atoms with E-state index in [0.717, 1.165) is 23.1 Å². The molecule has 0 radical (unpaired) electrons. The first kappa shape index (κ1) is 25.0. The number of aliphatic hydroxyl groups excluding tert-OH is 1. The molecule has 0 bridgehead atoms. The molecule has 0 saturated carbocycles. The number of rotatable bonds is 8. The maximum Gasteiger partial charge on any atom is 0.192 e. The zero-order valence-electron chi connectivity index (χ0n) is 20.9. The maximum atomic E-state index is 10.5.